The normalized spacial score (nSPS) is 31.1. The number of amides is 1. The van der Waals surface area contributed by atoms with Gasteiger partial charge in [0.15, 0.2) is 0 Å². The Morgan fingerprint density at radius 2 is 2.45 bits per heavy atom. The standard InChI is InChI=1S/C9H15NO/c1-4-8-6-7(3)9(11)10(8)5-2/h5,7-8H,2,4,6H2,1,3H3. The first-order valence-corrected chi connectivity index (χ1v) is 4.15. The van der Waals surface area contributed by atoms with Gasteiger partial charge in [0.1, 0.15) is 0 Å². The Bertz CT molecular complexity index is 176. The predicted molar refractivity (Wildman–Crippen MR) is 44.9 cm³/mol. The Kier molecular flexibility index (Phi) is 2.32. The summed E-state index contributed by atoms with van der Waals surface area (Å²) >= 11 is 0. The SMILES string of the molecule is C=CN1C(=O)C(C)CC1CC. The molecule has 1 saturated heterocycles. The predicted octanol–water partition coefficient (Wildman–Crippen LogP) is 1.78. The van der Waals surface area contributed by atoms with Gasteiger partial charge in [-0.25, -0.2) is 0 Å². The molecule has 1 rings (SSSR count). The van der Waals surface area contributed by atoms with Gasteiger partial charge < -0.3 is 4.90 Å². The molecule has 1 fully saturated rings. The van der Waals surface area contributed by atoms with Crippen LogP contribution in [0.25, 0.3) is 0 Å². The van der Waals surface area contributed by atoms with Gasteiger partial charge in [-0.3, -0.25) is 4.79 Å². The number of carbonyl (C=O) groups is 1. The lowest BCUT2D eigenvalue weighted by atomic mass is 10.1. The summed E-state index contributed by atoms with van der Waals surface area (Å²) in [5, 5.41) is 0. The summed E-state index contributed by atoms with van der Waals surface area (Å²) in [4.78, 5) is 13.1. The summed E-state index contributed by atoms with van der Waals surface area (Å²) in [7, 11) is 0. The fraction of sp³-hybridized carbons (Fsp3) is 0.667. The van der Waals surface area contributed by atoms with E-state index in [1.54, 1.807) is 11.1 Å². The van der Waals surface area contributed by atoms with Crippen molar-refractivity contribution < 1.29 is 4.79 Å². The third-order valence-electron chi connectivity index (χ3n) is 2.36. The molecule has 2 unspecified atom stereocenters. The Balaban J connectivity index is 2.72. The highest BCUT2D eigenvalue weighted by atomic mass is 16.2. The third-order valence-corrected chi connectivity index (χ3v) is 2.36. The van der Waals surface area contributed by atoms with Crippen LogP contribution in [0.1, 0.15) is 26.7 Å². The van der Waals surface area contributed by atoms with Crippen LogP contribution >= 0.6 is 0 Å². The number of hydrogen-bond acceptors (Lipinski definition) is 1. The van der Waals surface area contributed by atoms with Crippen LogP contribution in [0.15, 0.2) is 12.8 Å². The van der Waals surface area contributed by atoms with Crippen molar-refractivity contribution >= 4 is 5.91 Å². The maximum atomic E-state index is 11.4. The summed E-state index contributed by atoms with van der Waals surface area (Å²) in [6.07, 6.45) is 3.67. The van der Waals surface area contributed by atoms with Crippen LogP contribution in [0, 0.1) is 5.92 Å². The highest BCUT2D eigenvalue weighted by Gasteiger charge is 2.33. The van der Waals surface area contributed by atoms with E-state index >= 15 is 0 Å². The van der Waals surface area contributed by atoms with E-state index in [0.717, 1.165) is 12.8 Å². The molecule has 2 atom stereocenters. The fourth-order valence-corrected chi connectivity index (χ4v) is 1.66. The van der Waals surface area contributed by atoms with Crippen LogP contribution in [-0.4, -0.2) is 16.8 Å². The first-order chi connectivity index (χ1) is 5.20. The molecule has 0 radical (unpaired) electrons. The molecule has 1 amide bonds. The molecule has 0 aromatic rings. The highest BCUT2D eigenvalue weighted by molar-refractivity contribution is 5.82. The maximum absolute atomic E-state index is 11.4. The Morgan fingerprint density at radius 3 is 2.82 bits per heavy atom. The van der Waals surface area contributed by atoms with Gasteiger partial charge in [0.05, 0.1) is 0 Å². The van der Waals surface area contributed by atoms with Crippen LogP contribution in [0.5, 0.6) is 0 Å². The number of rotatable bonds is 2. The van der Waals surface area contributed by atoms with E-state index in [1.807, 2.05) is 6.92 Å². The van der Waals surface area contributed by atoms with Crippen molar-refractivity contribution in [1.29, 1.82) is 0 Å². The lowest BCUT2D eigenvalue weighted by molar-refractivity contribution is -0.129. The van der Waals surface area contributed by atoms with Gasteiger partial charge in [0.2, 0.25) is 5.91 Å². The van der Waals surface area contributed by atoms with Crippen molar-refractivity contribution in [2.75, 3.05) is 0 Å². The van der Waals surface area contributed by atoms with Gasteiger partial charge in [0, 0.05) is 12.0 Å². The second-order valence-corrected chi connectivity index (χ2v) is 3.13. The maximum Gasteiger partial charge on any atom is 0.229 e. The molecule has 62 valence electrons. The number of hydrogen-bond donors (Lipinski definition) is 0. The summed E-state index contributed by atoms with van der Waals surface area (Å²) in [5.74, 6) is 0.421. The van der Waals surface area contributed by atoms with Gasteiger partial charge in [-0.1, -0.05) is 20.4 Å². The molecule has 0 aliphatic carbocycles. The highest BCUT2D eigenvalue weighted by Crippen LogP contribution is 2.25. The fourth-order valence-electron chi connectivity index (χ4n) is 1.66. The Hall–Kier alpha value is -0.790. The van der Waals surface area contributed by atoms with Crippen molar-refractivity contribution in [1.82, 2.24) is 4.90 Å². The van der Waals surface area contributed by atoms with E-state index in [4.69, 9.17) is 0 Å². The lowest BCUT2D eigenvalue weighted by Crippen LogP contribution is -2.27. The lowest BCUT2D eigenvalue weighted by Gasteiger charge is -2.17. The molecule has 0 saturated carbocycles. The summed E-state index contributed by atoms with van der Waals surface area (Å²) in [6.45, 7) is 7.72. The van der Waals surface area contributed by atoms with Crippen molar-refractivity contribution in [2.45, 2.75) is 32.7 Å². The topological polar surface area (TPSA) is 20.3 Å². The number of likely N-dealkylation sites (tertiary alicyclic amines) is 1. The average Bonchev–Trinajstić information content (AvgIpc) is 2.28. The molecule has 0 aromatic carbocycles. The van der Waals surface area contributed by atoms with Gasteiger partial charge >= 0.3 is 0 Å². The van der Waals surface area contributed by atoms with E-state index in [2.05, 4.69) is 13.5 Å². The molecule has 1 aliphatic heterocycles. The van der Waals surface area contributed by atoms with Crippen molar-refractivity contribution in [3.05, 3.63) is 12.8 Å². The van der Waals surface area contributed by atoms with Crippen molar-refractivity contribution in [2.24, 2.45) is 5.92 Å². The zero-order valence-electron chi connectivity index (χ0n) is 7.21. The molecule has 0 aromatic heterocycles. The van der Waals surface area contributed by atoms with Crippen LogP contribution in [-0.2, 0) is 4.79 Å². The first kappa shape index (κ1) is 8.31. The van der Waals surface area contributed by atoms with Crippen LogP contribution in [0.2, 0.25) is 0 Å². The van der Waals surface area contributed by atoms with E-state index in [-0.39, 0.29) is 11.8 Å². The molecular weight excluding hydrogens is 138 g/mol. The minimum atomic E-state index is 0.193. The molecule has 2 heteroatoms. The summed E-state index contributed by atoms with van der Waals surface area (Å²) < 4.78 is 0. The first-order valence-electron chi connectivity index (χ1n) is 4.15. The molecule has 11 heavy (non-hydrogen) atoms. The largest absolute Gasteiger partial charge is 0.316 e. The zero-order chi connectivity index (χ0) is 8.43. The Morgan fingerprint density at radius 1 is 1.82 bits per heavy atom. The van der Waals surface area contributed by atoms with Gasteiger partial charge in [-0.15, -0.1) is 0 Å². The molecule has 0 spiro atoms. The van der Waals surface area contributed by atoms with Crippen LogP contribution in [0.4, 0.5) is 0 Å². The van der Waals surface area contributed by atoms with Crippen LogP contribution < -0.4 is 0 Å². The molecule has 1 heterocycles. The minimum absolute atomic E-state index is 0.193. The minimum Gasteiger partial charge on any atom is -0.316 e. The second-order valence-electron chi connectivity index (χ2n) is 3.13. The third kappa shape index (κ3) is 1.30. The van der Waals surface area contributed by atoms with Gasteiger partial charge in [-0.2, -0.15) is 0 Å². The van der Waals surface area contributed by atoms with Gasteiger partial charge in [-0.05, 0) is 19.0 Å². The average molecular weight is 153 g/mol. The monoisotopic (exact) mass is 153 g/mol. The number of nitrogens with zero attached hydrogens (tertiary/aromatic N) is 1. The Labute approximate surface area is 67.9 Å². The van der Waals surface area contributed by atoms with Crippen molar-refractivity contribution in [3.63, 3.8) is 0 Å². The molecule has 0 N–H and O–H groups in total. The van der Waals surface area contributed by atoms with E-state index in [1.165, 1.54) is 0 Å². The van der Waals surface area contributed by atoms with Crippen molar-refractivity contribution in [3.8, 4) is 0 Å². The molecule has 0 bridgehead atoms. The zero-order valence-corrected chi connectivity index (χ0v) is 7.21. The molecule has 1 aliphatic rings. The molecule has 2 nitrogen and oxygen atoms in total. The second kappa shape index (κ2) is 3.07. The molecular formula is C9H15NO. The van der Waals surface area contributed by atoms with E-state index in [9.17, 15) is 4.79 Å². The summed E-state index contributed by atoms with van der Waals surface area (Å²) in [6, 6.07) is 0.398. The van der Waals surface area contributed by atoms with Gasteiger partial charge in [0.25, 0.3) is 0 Å². The van der Waals surface area contributed by atoms with E-state index < -0.39 is 0 Å². The van der Waals surface area contributed by atoms with E-state index in [0.29, 0.717) is 6.04 Å². The summed E-state index contributed by atoms with van der Waals surface area (Å²) in [5.41, 5.74) is 0. The van der Waals surface area contributed by atoms with Crippen LogP contribution in [0.3, 0.4) is 0 Å². The quantitative estimate of drug-likeness (QED) is 0.592. The number of carbonyl (C=O) groups excluding carboxylic acids is 1. The smallest absolute Gasteiger partial charge is 0.229 e.